The molecule has 21 heavy (non-hydrogen) atoms. The van der Waals surface area contributed by atoms with E-state index in [2.05, 4.69) is 18.9 Å². The lowest BCUT2D eigenvalue weighted by Crippen LogP contribution is -2.27. The highest BCUT2D eigenvalue weighted by molar-refractivity contribution is 5.44. The summed E-state index contributed by atoms with van der Waals surface area (Å²) in [6, 6.07) is 5.76. The van der Waals surface area contributed by atoms with E-state index in [9.17, 15) is 5.11 Å². The van der Waals surface area contributed by atoms with Crippen molar-refractivity contribution in [3.63, 3.8) is 0 Å². The number of hydrogen-bond acceptors (Lipinski definition) is 4. The smallest absolute Gasteiger partial charge is 0.161 e. The first-order valence-corrected chi connectivity index (χ1v) is 7.89. The normalized spacial score (nSPS) is 25.5. The van der Waals surface area contributed by atoms with Crippen LogP contribution in [-0.2, 0) is 0 Å². The molecule has 1 N–H and O–H groups in total. The Bertz CT molecular complexity index is 491. The van der Waals surface area contributed by atoms with E-state index in [0.717, 1.165) is 41.9 Å². The molecule has 1 aliphatic heterocycles. The van der Waals surface area contributed by atoms with Gasteiger partial charge in [0.2, 0.25) is 0 Å². The fourth-order valence-corrected chi connectivity index (χ4v) is 2.92. The first kappa shape index (κ1) is 14.7. The Hall–Kier alpha value is -1.26. The van der Waals surface area contributed by atoms with Gasteiger partial charge in [-0.2, -0.15) is 0 Å². The number of aliphatic hydroxyl groups is 1. The molecular weight excluding hydrogens is 266 g/mol. The Kier molecular flexibility index (Phi) is 4.36. The summed E-state index contributed by atoms with van der Waals surface area (Å²) in [7, 11) is 2.08. The monoisotopic (exact) mass is 291 g/mol. The predicted octanol–water partition coefficient (Wildman–Crippen LogP) is 2.47. The van der Waals surface area contributed by atoms with Gasteiger partial charge < -0.3 is 19.5 Å². The van der Waals surface area contributed by atoms with E-state index in [4.69, 9.17) is 9.47 Å². The highest BCUT2D eigenvalue weighted by Crippen LogP contribution is 2.38. The van der Waals surface area contributed by atoms with E-state index in [1.54, 1.807) is 0 Å². The number of rotatable bonds is 5. The number of hydrogen-bond donors (Lipinski definition) is 1. The van der Waals surface area contributed by atoms with E-state index in [1.807, 2.05) is 18.2 Å². The summed E-state index contributed by atoms with van der Waals surface area (Å²) in [5.41, 5.74) is 0.898. The van der Waals surface area contributed by atoms with Gasteiger partial charge >= 0.3 is 0 Å². The molecule has 1 fully saturated rings. The van der Waals surface area contributed by atoms with E-state index in [0.29, 0.717) is 19.8 Å². The van der Waals surface area contributed by atoms with Crippen molar-refractivity contribution in [3.05, 3.63) is 23.8 Å². The zero-order valence-electron chi connectivity index (χ0n) is 12.9. The maximum atomic E-state index is 10.4. The molecule has 0 aromatic heterocycles. The number of nitrogens with zero attached hydrogens (tertiary/aromatic N) is 1. The molecule has 0 radical (unpaired) electrons. The molecule has 3 rings (SSSR count). The quantitative estimate of drug-likeness (QED) is 0.905. The molecule has 1 heterocycles. The lowest BCUT2D eigenvalue weighted by Gasteiger charge is -2.21. The minimum Gasteiger partial charge on any atom is -0.490 e. The van der Waals surface area contributed by atoms with Gasteiger partial charge in [0, 0.05) is 19.5 Å². The first-order chi connectivity index (χ1) is 10.1. The topological polar surface area (TPSA) is 41.9 Å². The fraction of sp³-hybridized carbons (Fsp3) is 0.647. The second kappa shape index (κ2) is 6.24. The molecule has 0 amide bonds. The largest absolute Gasteiger partial charge is 0.490 e. The number of ether oxygens (including phenoxy) is 2. The Morgan fingerprint density at radius 3 is 2.71 bits per heavy atom. The minimum atomic E-state index is -0.485. The summed E-state index contributed by atoms with van der Waals surface area (Å²) >= 11 is 0. The van der Waals surface area contributed by atoms with Crippen LogP contribution in [0.4, 0.5) is 0 Å². The molecule has 3 atom stereocenters. The molecule has 0 saturated heterocycles. The summed E-state index contributed by atoms with van der Waals surface area (Å²) < 4.78 is 11.3. The van der Waals surface area contributed by atoms with Crippen molar-refractivity contribution in [1.29, 1.82) is 0 Å². The maximum Gasteiger partial charge on any atom is 0.161 e. The summed E-state index contributed by atoms with van der Waals surface area (Å²) in [6.45, 7) is 5.38. The van der Waals surface area contributed by atoms with E-state index < -0.39 is 6.10 Å². The third kappa shape index (κ3) is 3.69. The van der Waals surface area contributed by atoms with Crippen molar-refractivity contribution in [2.24, 2.45) is 11.8 Å². The zero-order valence-corrected chi connectivity index (χ0v) is 12.9. The Balaban J connectivity index is 1.61. The molecule has 0 spiro atoms. The lowest BCUT2D eigenvalue weighted by molar-refractivity contribution is 0.123. The molecule has 1 aliphatic carbocycles. The number of fused-ring (bicyclic) bond motifs is 1. The van der Waals surface area contributed by atoms with Crippen molar-refractivity contribution < 1.29 is 14.6 Å². The lowest BCUT2D eigenvalue weighted by atomic mass is 10.1. The SMILES string of the molecule is CC1CC1CN(C)CC(O)c1ccc2c(c1)OCCCO2. The van der Waals surface area contributed by atoms with Gasteiger partial charge in [0.1, 0.15) is 0 Å². The van der Waals surface area contributed by atoms with Gasteiger partial charge in [-0.25, -0.2) is 0 Å². The van der Waals surface area contributed by atoms with Crippen LogP contribution in [0.5, 0.6) is 11.5 Å². The van der Waals surface area contributed by atoms with Gasteiger partial charge in [-0.15, -0.1) is 0 Å². The maximum absolute atomic E-state index is 10.4. The van der Waals surface area contributed by atoms with Crippen LogP contribution in [0.3, 0.4) is 0 Å². The van der Waals surface area contributed by atoms with Crippen LogP contribution in [0.1, 0.15) is 31.4 Å². The summed E-state index contributed by atoms with van der Waals surface area (Å²) in [6.07, 6.45) is 1.74. The predicted molar refractivity (Wildman–Crippen MR) is 81.8 cm³/mol. The number of benzene rings is 1. The van der Waals surface area contributed by atoms with Crippen LogP contribution >= 0.6 is 0 Å². The van der Waals surface area contributed by atoms with Crippen molar-refractivity contribution in [1.82, 2.24) is 4.90 Å². The van der Waals surface area contributed by atoms with E-state index in [-0.39, 0.29) is 0 Å². The molecule has 0 bridgehead atoms. The number of likely N-dealkylation sites (N-methyl/N-ethyl adjacent to an activating group) is 1. The Morgan fingerprint density at radius 1 is 1.29 bits per heavy atom. The van der Waals surface area contributed by atoms with Gasteiger partial charge in [-0.3, -0.25) is 0 Å². The molecular formula is C17H25NO3. The number of aliphatic hydroxyl groups excluding tert-OH is 1. The van der Waals surface area contributed by atoms with Gasteiger partial charge in [-0.05, 0) is 43.0 Å². The molecule has 1 aromatic rings. The van der Waals surface area contributed by atoms with Gasteiger partial charge in [-0.1, -0.05) is 13.0 Å². The van der Waals surface area contributed by atoms with Crippen LogP contribution in [0.15, 0.2) is 18.2 Å². The van der Waals surface area contributed by atoms with Crippen LogP contribution in [0, 0.1) is 11.8 Å². The molecule has 116 valence electrons. The summed E-state index contributed by atoms with van der Waals surface area (Å²) in [4.78, 5) is 2.22. The molecule has 4 nitrogen and oxygen atoms in total. The summed E-state index contributed by atoms with van der Waals surface area (Å²) in [5.74, 6) is 3.19. The average molecular weight is 291 g/mol. The molecule has 3 unspecified atom stereocenters. The zero-order chi connectivity index (χ0) is 14.8. The van der Waals surface area contributed by atoms with Crippen molar-refractivity contribution >= 4 is 0 Å². The first-order valence-electron chi connectivity index (χ1n) is 7.89. The second-order valence-corrected chi connectivity index (χ2v) is 6.47. The highest BCUT2D eigenvalue weighted by Gasteiger charge is 2.33. The minimum absolute atomic E-state index is 0.485. The molecule has 2 aliphatic rings. The molecule has 1 aromatic carbocycles. The van der Waals surface area contributed by atoms with Crippen molar-refractivity contribution in [3.8, 4) is 11.5 Å². The Morgan fingerprint density at radius 2 is 2.00 bits per heavy atom. The van der Waals surface area contributed by atoms with Crippen LogP contribution < -0.4 is 9.47 Å². The van der Waals surface area contributed by atoms with Crippen molar-refractivity contribution in [2.45, 2.75) is 25.9 Å². The van der Waals surface area contributed by atoms with Gasteiger partial charge in [0.15, 0.2) is 11.5 Å². The van der Waals surface area contributed by atoms with E-state index in [1.165, 1.54) is 6.42 Å². The average Bonchev–Trinajstić information content (AvgIpc) is 3.19. The third-order valence-corrected chi connectivity index (χ3v) is 4.46. The third-order valence-electron chi connectivity index (χ3n) is 4.46. The van der Waals surface area contributed by atoms with Crippen LogP contribution in [-0.4, -0.2) is 43.4 Å². The Labute approximate surface area is 126 Å². The highest BCUT2D eigenvalue weighted by atomic mass is 16.5. The van der Waals surface area contributed by atoms with Gasteiger partial charge in [0.25, 0.3) is 0 Å². The molecule has 1 saturated carbocycles. The van der Waals surface area contributed by atoms with Crippen LogP contribution in [0.2, 0.25) is 0 Å². The van der Waals surface area contributed by atoms with E-state index >= 15 is 0 Å². The molecule has 4 heteroatoms. The fourth-order valence-electron chi connectivity index (χ4n) is 2.92. The van der Waals surface area contributed by atoms with Crippen LogP contribution in [0.25, 0.3) is 0 Å². The second-order valence-electron chi connectivity index (χ2n) is 6.47. The summed E-state index contributed by atoms with van der Waals surface area (Å²) in [5, 5.41) is 10.4. The van der Waals surface area contributed by atoms with Crippen molar-refractivity contribution in [2.75, 3.05) is 33.4 Å². The standard InChI is InChI=1S/C17H25NO3/c1-12-8-14(12)10-18(2)11-15(19)13-4-5-16-17(9-13)21-7-3-6-20-16/h4-5,9,12,14-15,19H,3,6-8,10-11H2,1-2H3. The van der Waals surface area contributed by atoms with Gasteiger partial charge in [0.05, 0.1) is 19.3 Å².